The van der Waals surface area contributed by atoms with Gasteiger partial charge in [-0.1, -0.05) is 28.1 Å². The van der Waals surface area contributed by atoms with E-state index in [1.807, 2.05) is 0 Å². The van der Waals surface area contributed by atoms with Crippen molar-refractivity contribution in [3.63, 3.8) is 0 Å². The van der Waals surface area contributed by atoms with E-state index in [9.17, 15) is 14.4 Å². The van der Waals surface area contributed by atoms with Crippen LogP contribution in [-0.4, -0.2) is 18.4 Å². The van der Waals surface area contributed by atoms with Crippen molar-refractivity contribution in [2.45, 2.75) is 0 Å². The number of carbonyl (C=O) groups excluding carboxylic acids is 2. The molecule has 0 aliphatic rings. The van der Waals surface area contributed by atoms with Crippen molar-refractivity contribution in [2.75, 3.05) is 6.54 Å². The second kappa shape index (κ2) is 8.01. The highest BCUT2D eigenvalue weighted by Gasteiger charge is 2.14. The maximum Gasteiger partial charge on any atom is 0.349 e. The van der Waals surface area contributed by atoms with Crippen molar-refractivity contribution < 1.29 is 18.7 Å². The summed E-state index contributed by atoms with van der Waals surface area (Å²) in [5, 5.41) is 3.05. The first-order valence-corrected chi connectivity index (χ1v) is 8.72. The van der Waals surface area contributed by atoms with Crippen LogP contribution in [0.5, 0.6) is 5.75 Å². The summed E-state index contributed by atoms with van der Waals surface area (Å²) < 4.78 is 11.3. The number of ether oxygens (including phenoxy) is 1. The summed E-state index contributed by atoms with van der Waals surface area (Å²) in [6, 6.07) is 12.8. The molecule has 0 fully saturated rings. The molecule has 3 aromatic rings. The molecule has 0 saturated carbocycles. The summed E-state index contributed by atoms with van der Waals surface area (Å²) in [7, 11) is 0. The Hall–Kier alpha value is -3.19. The van der Waals surface area contributed by atoms with Crippen molar-refractivity contribution >= 4 is 38.8 Å². The van der Waals surface area contributed by atoms with Gasteiger partial charge in [0.1, 0.15) is 16.9 Å². The lowest BCUT2D eigenvalue weighted by Crippen LogP contribution is -2.28. The van der Waals surface area contributed by atoms with Gasteiger partial charge >= 0.3 is 11.6 Å². The summed E-state index contributed by atoms with van der Waals surface area (Å²) >= 11 is 3.29. The van der Waals surface area contributed by atoms with Gasteiger partial charge in [-0.15, -0.1) is 6.58 Å². The van der Waals surface area contributed by atoms with Crippen LogP contribution in [0, 0.1) is 0 Å². The number of fused-ring (bicyclic) bond motifs is 1. The highest BCUT2D eigenvalue weighted by atomic mass is 79.9. The molecule has 3 rings (SSSR count). The summed E-state index contributed by atoms with van der Waals surface area (Å²) in [5.41, 5.74) is -0.303. The number of hydrogen-bond acceptors (Lipinski definition) is 5. The average Bonchev–Trinajstić information content (AvgIpc) is 2.65. The topological polar surface area (TPSA) is 85.6 Å². The maximum atomic E-state index is 12.2. The molecule has 7 heteroatoms. The largest absolute Gasteiger partial charge is 0.423 e. The fourth-order valence-corrected chi connectivity index (χ4v) is 2.75. The number of amides is 1. The summed E-state index contributed by atoms with van der Waals surface area (Å²) in [6.45, 7) is 3.74. The van der Waals surface area contributed by atoms with E-state index in [-0.39, 0.29) is 23.4 Å². The highest BCUT2D eigenvalue weighted by Crippen LogP contribution is 2.22. The zero-order valence-corrected chi connectivity index (χ0v) is 15.6. The van der Waals surface area contributed by atoms with E-state index in [0.29, 0.717) is 10.9 Å². The molecule has 6 nitrogen and oxygen atoms in total. The van der Waals surface area contributed by atoms with Gasteiger partial charge in [0.15, 0.2) is 0 Å². The molecule has 27 heavy (non-hydrogen) atoms. The zero-order chi connectivity index (χ0) is 19.4. The molecule has 0 saturated heterocycles. The Kier molecular flexibility index (Phi) is 5.52. The molecule has 0 spiro atoms. The first-order valence-electron chi connectivity index (χ1n) is 7.92. The fraction of sp³-hybridized carbons (Fsp3) is 0.0500. The van der Waals surface area contributed by atoms with Crippen LogP contribution in [0.3, 0.4) is 0 Å². The molecule has 0 radical (unpaired) electrons. The number of rotatable bonds is 5. The second-order valence-electron chi connectivity index (χ2n) is 5.55. The quantitative estimate of drug-likeness (QED) is 0.290. The molecule has 0 atom stereocenters. The third-order valence-electron chi connectivity index (χ3n) is 3.63. The highest BCUT2D eigenvalue weighted by molar-refractivity contribution is 9.10. The van der Waals surface area contributed by atoms with Gasteiger partial charge in [-0.05, 0) is 36.4 Å². The Morgan fingerprint density at radius 1 is 1.19 bits per heavy atom. The standard InChI is InChI=1S/C20H14BrNO5/c1-2-8-22-18(23)16-10-12-6-7-15(11-17(12)27-20(16)25)26-19(24)13-4-3-5-14(21)9-13/h2-7,9-11H,1,8H2,(H,22,23). The Labute approximate surface area is 162 Å². The lowest BCUT2D eigenvalue weighted by Gasteiger charge is -2.07. The van der Waals surface area contributed by atoms with Gasteiger partial charge in [-0.2, -0.15) is 0 Å². The predicted molar refractivity (Wildman–Crippen MR) is 104 cm³/mol. The molecule has 1 aromatic heterocycles. The van der Waals surface area contributed by atoms with Gasteiger partial charge in [0.05, 0.1) is 5.56 Å². The van der Waals surface area contributed by atoms with Crippen LogP contribution in [0.15, 0.2) is 74.9 Å². The van der Waals surface area contributed by atoms with Crippen molar-refractivity contribution in [1.82, 2.24) is 5.32 Å². The minimum Gasteiger partial charge on any atom is -0.423 e. The summed E-state index contributed by atoms with van der Waals surface area (Å²) in [6.07, 6.45) is 1.51. The molecule has 0 aliphatic carbocycles. The summed E-state index contributed by atoms with van der Waals surface area (Å²) in [4.78, 5) is 36.3. The van der Waals surface area contributed by atoms with Gasteiger partial charge < -0.3 is 14.5 Å². The number of nitrogens with one attached hydrogen (secondary N) is 1. The predicted octanol–water partition coefficient (Wildman–Crippen LogP) is 3.69. The third-order valence-corrected chi connectivity index (χ3v) is 4.12. The van der Waals surface area contributed by atoms with E-state index < -0.39 is 17.5 Å². The van der Waals surface area contributed by atoms with Gasteiger partial charge in [-0.25, -0.2) is 9.59 Å². The van der Waals surface area contributed by atoms with Crippen LogP contribution in [0.1, 0.15) is 20.7 Å². The molecular formula is C20H14BrNO5. The molecule has 1 heterocycles. The molecule has 2 aromatic carbocycles. The molecular weight excluding hydrogens is 414 g/mol. The van der Waals surface area contributed by atoms with E-state index in [0.717, 1.165) is 4.47 Å². The molecule has 0 bridgehead atoms. The molecule has 1 amide bonds. The maximum absolute atomic E-state index is 12.2. The van der Waals surface area contributed by atoms with Crippen LogP contribution in [0.25, 0.3) is 11.0 Å². The van der Waals surface area contributed by atoms with Crippen molar-refractivity contribution in [3.8, 4) is 5.75 Å². The molecule has 136 valence electrons. The van der Waals surface area contributed by atoms with Gasteiger partial charge in [0.2, 0.25) is 0 Å². The first-order chi connectivity index (χ1) is 13.0. The van der Waals surface area contributed by atoms with Crippen LogP contribution >= 0.6 is 15.9 Å². The number of halogens is 1. The Morgan fingerprint density at radius 3 is 2.74 bits per heavy atom. The molecule has 0 unspecified atom stereocenters. The Morgan fingerprint density at radius 2 is 2.00 bits per heavy atom. The van der Waals surface area contributed by atoms with E-state index in [1.54, 1.807) is 36.4 Å². The van der Waals surface area contributed by atoms with Crippen LogP contribution in [-0.2, 0) is 0 Å². The Balaban J connectivity index is 1.87. The van der Waals surface area contributed by atoms with E-state index in [1.165, 1.54) is 18.2 Å². The van der Waals surface area contributed by atoms with E-state index in [2.05, 4.69) is 27.8 Å². The fourth-order valence-electron chi connectivity index (χ4n) is 2.35. The van der Waals surface area contributed by atoms with Crippen molar-refractivity contribution in [3.05, 3.63) is 87.2 Å². The van der Waals surface area contributed by atoms with Gasteiger partial charge in [0.25, 0.3) is 5.91 Å². The lowest BCUT2D eigenvalue weighted by molar-refractivity contribution is 0.0734. The molecule has 0 aliphatic heterocycles. The monoisotopic (exact) mass is 427 g/mol. The minimum atomic E-state index is -0.778. The van der Waals surface area contributed by atoms with Crippen LogP contribution < -0.4 is 15.7 Å². The second-order valence-corrected chi connectivity index (χ2v) is 6.46. The third kappa shape index (κ3) is 4.32. The van der Waals surface area contributed by atoms with Crippen LogP contribution in [0.4, 0.5) is 0 Å². The van der Waals surface area contributed by atoms with E-state index >= 15 is 0 Å². The number of esters is 1. The normalized spacial score (nSPS) is 10.4. The number of carbonyl (C=O) groups is 2. The smallest absolute Gasteiger partial charge is 0.349 e. The summed E-state index contributed by atoms with van der Waals surface area (Å²) in [5.74, 6) is -0.867. The van der Waals surface area contributed by atoms with E-state index in [4.69, 9.17) is 9.15 Å². The van der Waals surface area contributed by atoms with Crippen molar-refractivity contribution in [2.24, 2.45) is 0 Å². The SMILES string of the molecule is C=CCNC(=O)c1cc2ccc(OC(=O)c3cccc(Br)c3)cc2oc1=O. The number of hydrogen-bond donors (Lipinski definition) is 1. The minimum absolute atomic E-state index is 0.108. The molecule has 1 N–H and O–H groups in total. The van der Waals surface area contributed by atoms with Crippen molar-refractivity contribution in [1.29, 1.82) is 0 Å². The van der Waals surface area contributed by atoms with Crippen LogP contribution in [0.2, 0.25) is 0 Å². The zero-order valence-electron chi connectivity index (χ0n) is 14.0. The number of benzene rings is 2. The average molecular weight is 428 g/mol. The lowest BCUT2D eigenvalue weighted by atomic mass is 10.1. The van der Waals surface area contributed by atoms with Gasteiger partial charge in [-0.3, -0.25) is 4.79 Å². The van der Waals surface area contributed by atoms with Gasteiger partial charge in [0, 0.05) is 22.5 Å². The Bertz CT molecular complexity index is 1100. The first kappa shape index (κ1) is 18.6.